The molecule has 1 aromatic heterocycles. The largest absolute Gasteiger partial charge is 0.339 e. The van der Waals surface area contributed by atoms with Crippen LogP contribution in [-0.2, 0) is 0 Å². The number of amides is 1. The van der Waals surface area contributed by atoms with E-state index < -0.39 is 0 Å². The molecule has 0 saturated carbocycles. The molecule has 4 nitrogen and oxygen atoms in total. The van der Waals surface area contributed by atoms with Gasteiger partial charge >= 0.3 is 0 Å². The number of piperidine rings is 1. The first-order valence-corrected chi connectivity index (χ1v) is 6.20. The van der Waals surface area contributed by atoms with Crippen molar-refractivity contribution in [2.45, 2.75) is 19.3 Å². The number of nitrogens with two attached hydrogens (primary N) is 1. The van der Waals surface area contributed by atoms with Gasteiger partial charge in [-0.1, -0.05) is 0 Å². The van der Waals surface area contributed by atoms with Crippen LogP contribution >= 0.6 is 0 Å². The van der Waals surface area contributed by atoms with Crippen molar-refractivity contribution in [1.82, 2.24) is 9.88 Å². The second-order valence-corrected chi connectivity index (χ2v) is 4.55. The molecular weight excluding hydrogens is 214 g/mol. The second kappa shape index (κ2) is 5.77. The summed E-state index contributed by atoms with van der Waals surface area (Å²) in [6.07, 6.45) is 6.56. The quantitative estimate of drug-likeness (QED) is 0.855. The highest BCUT2D eigenvalue weighted by Crippen LogP contribution is 2.21. The highest BCUT2D eigenvalue weighted by atomic mass is 16.2. The average molecular weight is 233 g/mol. The number of hydrogen-bond donors (Lipinski definition) is 1. The molecule has 0 aromatic carbocycles. The predicted molar refractivity (Wildman–Crippen MR) is 66.5 cm³/mol. The van der Waals surface area contributed by atoms with Crippen LogP contribution in [0.1, 0.15) is 29.6 Å². The first-order valence-electron chi connectivity index (χ1n) is 6.20. The van der Waals surface area contributed by atoms with E-state index in [1.807, 2.05) is 4.90 Å². The van der Waals surface area contributed by atoms with Crippen LogP contribution in [-0.4, -0.2) is 35.4 Å². The minimum atomic E-state index is 0.124. The van der Waals surface area contributed by atoms with Crippen molar-refractivity contribution < 1.29 is 4.79 Å². The molecule has 1 aliphatic heterocycles. The van der Waals surface area contributed by atoms with Gasteiger partial charge < -0.3 is 10.6 Å². The Labute approximate surface area is 102 Å². The van der Waals surface area contributed by atoms with Gasteiger partial charge in [0.05, 0.1) is 0 Å². The van der Waals surface area contributed by atoms with E-state index in [1.54, 1.807) is 24.5 Å². The van der Waals surface area contributed by atoms with Crippen LogP contribution in [0.4, 0.5) is 0 Å². The summed E-state index contributed by atoms with van der Waals surface area (Å²) in [6.45, 7) is 2.46. The Kier molecular flexibility index (Phi) is 4.09. The summed E-state index contributed by atoms with van der Waals surface area (Å²) in [5.41, 5.74) is 6.29. The molecule has 1 amide bonds. The zero-order chi connectivity index (χ0) is 12.1. The minimum absolute atomic E-state index is 0.124. The van der Waals surface area contributed by atoms with E-state index >= 15 is 0 Å². The lowest BCUT2D eigenvalue weighted by atomic mass is 9.93. The van der Waals surface area contributed by atoms with E-state index in [0.717, 1.165) is 44.5 Å². The third-order valence-corrected chi connectivity index (χ3v) is 3.40. The van der Waals surface area contributed by atoms with E-state index in [4.69, 9.17) is 5.73 Å². The third kappa shape index (κ3) is 3.03. The fourth-order valence-corrected chi connectivity index (χ4v) is 2.34. The molecule has 0 spiro atoms. The van der Waals surface area contributed by atoms with Crippen LogP contribution in [0, 0.1) is 5.92 Å². The van der Waals surface area contributed by atoms with Crippen LogP contribution in [0.3, 0.4) is 0 Å². The summed E-state index contributed by atoms with van der Waals surface area (Å²) >= 11 is 0. The first-order chi connectivity index (χ1) is 8.31. The molecular formula is C13H19N3O. The fourth-order valence-electron chi connectivity index (χ4n) is 2.34. The lowest BCUT2D eigenvalue weighted by molar-refractivity contribution is 0.0688. The molecule has 4 heteroatoms. The highest BCUT2D eigenvalue weighted by molar-refractivity contribution is 5.94. The second-order valence-electron chi connectivity index (χ2n) is 4.55. The summed E-state index contributed by atoms with van der Waals surface area (Å²) in [6, 6.07) is 3.54. The van der Waals surface area contributed by atoms with Crippen LogP contribution in [0.25, 0.3) is 0 Å². The van der Waals surface area contributed by atoms with Crippen LogP contribution in [0.15, 0.2) is 24.5 Å². The first kappa shape index (κ1) is 12.0. The van der Waals surface area contributed by atoms with E-state index in [-0.39, 0.29) is 5.91 Å². The van der Waals surface area contributed by atoms with E-state index in [1.165, 1.54) is 0 Å². The lowest BCUT2D eigenvalue weighted by Gasteiger charge is -2.31. The molecule has 0 atom stereocenters. The molecule has 0 unspecified atom stereocenters. The number of pyridine rings is 1. The maximum Gasteiger partial charge on any atom is 0.253 e. The van der Waals surface area contributed by atoms with Gasteiger partial charge in [-0.3, -0.25) is 9.78 Å². The Morgan fingerprint density at radius 2 is 2.00 bits per heavy atom. The molecule has 0 bridgehead atoms. The molecule has 2 rings (SSSR count). The van der Waals surface area contributed by atoms with Crippen LogP contribution in [0.5, 0.6) is 0 Å². The van der Waals surface area contributed by atoms with Crippen molar-refractivity contribution in [3.8, 4) is 0 Å². The van der Waals surface area contributed by atoms with Gasteiger partial charge in [0, 0.05) is 31.0 Å². The molecule has 1 aromatic rings. The molecule has 1 aliphatic rings. The number of carbonyl (C=O) groups is 1. The number of rotatable bonds is 3. The van der Waals surface area contributed by atoms with Gasteiger partial charge in [-0.2, -0.15) is 0 Å². The van der Waals surface area contributed by atoms with E-state index in [9.17, 15) is 4.79 Å². The van der Waals surface area contributed by atoms with Gasteiger partial charge in [0.2, 0.25) is 0 Å². The number of carbonyl (C=O) groups excluding carboxylic acids is 1. The van der Waals surface area contributed by atoms with Crippen LogP contribution in [0.2, 0.25) is 0 Å². The Morgan fingerprint density at radius 1 is 1.35 bits per heavy atom. The fraction of sp³-hybridized carbons (Fsp3) is 0.538. The van der Waals surface area contributed by atoms with Crippen molar-refractivity contribution in [3.63, 3.8) is 0 Å². The van der Waals surface area contributed by atoms with Crippen molar-refractivity contribution in [2.24, 2.45) is 11.7 Å². The molecule has 2 N–H and O–H groups in total. The summed E-state index contributed by atoms with van der Waals surface area (Å²) < 4.78 is 0. The molecule has 0 radical (unpaired) electrons. The SMILES string of the molecule is NCCC1CCN(C(=O)c2ccncc2)CC1. The maximum absolute atomic E-state index is 12.1. The summed E-state index contributed by atoms with van der Waals surface area (Å²) in [4.78, 5) is 18.0. The summed E-state index contributed by atoms with van der Waals surface area (Å²) in [7, 11) is 0. The number of hydrogen-bond acceptors (Lipinski definition) is 3. The number of nitrogens with zero attached hydrogens (tertiary/aromatic N) is 2. The third-order valence-electron chi connectivity index (χ3n) is 3.40. The van der Waals surface area contributed by atoms with Gasteiger partial charge in [-0.25, -0.2) is 0 Å². The number of likely N-dealkylation sites (tertiary alicyclic amines) is 1. The Balaban J connectivity index is 1.91. The monoisotopic (exact) mass is 233 g/mol. The lowest BCUT2D eigenvalue weighted by Crippen LogP contribution is -2.38. The van der Waals surface area contributed by atoms with E-state index in [0.29, 0.717) is 5.92 Å². The smallest absolute Gasteiger partial charge is 0.253 e. The van der Waals surface area contributed by atoms with Gasteiger partial charge in [0.15, 0.2) is 0 Å². The highest BCUT2D eigenvalue weighted by Gasteiger charge is 2.22. The summed E-state index contributed by atoms with van der Waals surface area (Å²) in [5, 5.41) is 0. The van der Waals surface area contributed by atoms with Crippen molar-refractivity contribution >= 4 is 5.91 Å². The average Bonchev–Trinajstić information content (AvgIpc) is 2.40. The van der Waals surface area contributed by atoms with Gasteiger partial charge in [0.1, 0.15) is 0 Å². The standard InChI is InChI=1S/C13H19N3O/c14-6-1-11-4-9-16(10-5-11)13(17)12-2-7-15-8-3-12/h2-3,7-8,11H,1,4-6,9-10,14H2. The molecule has 1 fully saturated rings. The zero-order valence-corrected chi connectivity index (χ0v) is 10.0. The summed E-state index contributed by atoms with van der Waals surface area (Å²) in [5.74, 6) is 0.820. The Morgan fingerprint density at radius 3 is 2.59 bits per heavy atom. The molecule has 92 valence electrons. The molecule has 0 aliphatic carbocycles. The maximum atomic E-state index is 12.1. The Bertz CT molecular complexity index is 358. The van der Waals surface area contributed by atoms with Crippen molar-refractivity contribution in [1.29, 1.82) is 0 Å². The molecule has 2 heterocycles. The topological polar surface area (TPSA) is 59.2 Å². The minimum Gasteiger partial charge on any atom is -0.339 e. The van der Waals surface area contributed by atoms with Gasteiger partial charge in [0.25, 0.3) is 5.91 Å². The Hall–Kier alpha value is -1.42. The van der Waals surface area contributed by atoms with E-state index in [2.05, 4.69) is 4.98 Å². The van der Waals surface area contributed by atoms with Gasteiger partial charge in [-0.15, -0.1) is 0 Å². The number of aromatic nitrogens is 1. The predicted octanol–water partition coefficient (Wildman–Crippen LogP) is 1.28. The van der Waals surface area contributed by atoms with Crippen LogP contribution < -0.4 is 5.73 Å². The normalized spacial score (nSPS) is 17.1. The molecule has 1 saturated heterocycles. The molecule has 17 heavy (non-hydrogen) atoms. The van der Waals surface area contributed by atoms with Gasteiger partial charge in [-0.05, 0) is 43.9 Å². The van der Waals surface area contributed by atoms with Crippen molar-refractivity contribution in [2.75, 3.05) is 19.6 Å². The zero-order valence-electron chi connectivity index (χ0n) is 10.0. The van der Waals surface area contributed by atoms with Crippen molar-refractivity contribution in [3.05, 3.63) is 30.1 Å².